The van der Waals surface area contributed by atoms with E-state index in [0.717, 1.165) is 12.6 Å². The first-order valence-corrected chi connectivity index (χ1v) is 7.17. The minimum Gasteiger partial charge on any atom is -0.350 e. The van der Waals surface area contributed by atoms with Crippen LogP contribution in [0.15, 0.2) is 0 Å². The molecule has 0 bridgehead atoms. The molecule has 1 saturated heterocycles. The number of amides is 1. The number of rotatable bonds is 4. The summed E-state index contributed by atoms with van der Waals surface area (Å²) in [7, 11) is 0. The van der Waals surface area contributed by atoms with Crippen LogP contribution in [-0.4, -0.2) is 47.6 Å². The van der Waals surface area contributed by atoms with Crippen LogP contribution in [0.3, 0.4) is 0 Å². The lowest BCUT2D eigenvalue weighted by Crippen LogP contribution is -2.52. The highest BCUT2D eigenvalue weighted by molar-refractivity contribution is 5.81. The van der Waals surface area contributed by atoms with Crippen molar-refractivity contribution >= 4 is 5.91 Å². The Morgan fingerprint density at radius 1 is 1.28 bits per heavy atom. The fourth-order valence-corrected chi connectivity index (χ4v) is 2.60. The second-order valence-electron chi connectivity index (χ2n) is 6.84. The Hall–Kier alpha value is -0.610. The van der Waals surface area contributed by atoms with Gasteiger partial charge in [0.2, 0.25) is 5.91 Å². The Morgan fingerprint density at radius 2 is 1.94 bits per heavy atom. The third kappa shape index (κ3) is 3.95. The zero-order valence-corrected chi connectivity index (χ0v) is 12.1. The number of hydrogen-bond donors (Lipinski definition) is 2. The normalized spacial score (nSPS) is 27.2. The van der Waals surface area contributed by atoms with Crippen molar-refractivity contribution in [1.29, 1.82) is 0 Å². The Balaban J connectivity index is 1.73. The van der Waals surface area contributed by atoms with Crippen molar-refractivity contribution in [3.05, 3.63) is 0 Å². The molecule has 0 radical (unpaired) electrons. The van der Waals surface area contributed by atoms with E-state index in [1.54, 1.807) is 0 Å². The molecule has 4 nitrogen and oxygen atoms in total. The molecule has 1 aliphatic carbocycles. The molecular formula is C14H27N3O. The minimum absolute atomic E-state index is 0.103. The fraction of sp³-hybridized carbons (Fsp3) is 0.929. The standard InChI is InChI=1S/C14H27N3O/c1-10(13(18)16-14(2,3)4)15-11-7-8-17(9-11)12-5-6-12/h10-12,15H,5-9H2,1-4H3,(H,16,18). The van der Waals surface area contributed by atoms with Crippen LogP contribution in [0.2, 0.25) is 0 Å². The van der Waals surface area contributed by atoms with Gasteiger partial charge in [-0.3, -0.25) is 9.69 Å². The van der Waals surface area contributed by atoms with Crippen LogP contribution >= 0.6 is 0 Å². The number of likely N-dealkylation sites (tertiary alicyclic amines) is 1. The topological polar surface area (TPSA) is 44.4 Å². The van der Waals surface area contributed by atoms with E-state index < -0.39 is 0 Å². The largest absolute Gasteiger partial charge is 0.350 e. The van der Waals surface area contributed by atoms with Gasteiger partial charge in [0.25, 0.3) is 0 Å². The van der Waals surface area contributed by atoms with E-state index in [0.29, 0.717) is 6.04 Å². The van der Waals surface area contributed by atoms with E-state index in [1.807, 2.05) is 27.7 Å². The maximum absolute atomic E-state index is 12.0. The zero-order valence-electron chi connectivity index (χ0n) is 12.1. The monoisotopic (exact) mass is 253 g/mol. The van der Waals surface area contributed by atoms with Crippen molar-refractivity contribution in [3.8, 4) is 0 Å². The summed E-state index contributed by atoms with van der Waals surface area (Å²) in [6.45, 7) is 10.3. The maximum atomic E-state index is 12.0. The zero-order chi connectivity index (χ0) is 13.3. The lowest BCUT2D eigenvalue weighted by Gasteiger charge is -2.25. The number of nitrogens with zero attached hydrogens (tertiary/aromatic N) is 1. The third-order valence-electron chi connectivity index (χ3n) is 3.66. The van der Waals surface area contributed by atoms with Gasteiger partial charge in [0, 0.05) is 30.7 Å². The highest BCUT2D eigenvalue weighted by atomic mass is 16.2. The average molecular weight is 253 g/mol. The van der Waals surface area contributed by atoms with Gasteiger partial charge in [-0.15, -0.1) is 0 Å². The van der Waals surface area contributed by atoms with Crippen LogP contribution in [0.5, 0.6) is 0 Å². The van der Waals surface area contributed by atoms with Crippen LogP contribution in [0.4, 0.5) is 0 Å². The summed E-state index contributed by atoms with van der Waals surface area (Å²) in [6.07, 6.45) is 3.91. The van der Waals surface area contributed by atoms with Gasteiger partial charge in [0.1, 0.15) is 0 Å². The molecule has 2 atom stereocenters. The molecule has 18 heavy (non-hydrogen) atoms. The summed E-state index contributed by atoms with van der Waals surface area (Å²) >= 11 is 0. The van der Waals surface area contributed by atoms with Gasteiger partial charge >= 0.3 is 0 Å². The van der Waals surface area contributed by atoms with E-state index in [-0.39, 0.29) is 17.5 Å². The fourth-order valence-electron chi connectivity index (χ4n) is 2.60. The van der Waals surface area contributed by atoms with Crippen molar-refractivity contribution in [2.24, 2.45) is 0 Å². The smallest absolute Gasteiger partial charge is 0.237 e. The molecule has 2 N–H and O–H groups in total. The van der Waals surface area contributed by atoms with Gasteiger partial charge < -0.3 is 10.6 Å². The van der Waals surface area contributed by atoms with Crippen molar-refractivity contribution in [2.75, 3.05) is 13.1 Å². The average Bonchev–Trinajstić information content (AvgIpc) is 2.98. The minimum atomic E-state index is -0.150. The number of carbonyl (C=O) groups excluding carboxylic acids is 1. The molecule has 2 fully saturated rings. The molecule has 1 saturated carbocycles. The van der Waals surface area contributed by atoms with Gasteiger partial charge in [-0.05, 0) is 47.0 Å². The van der Waals surface area contributed by atoms with Gasteiger partial charge in [0.15, 0.2) is 0 Å². The summed E-state index contributed by atoms with van der Waals surface area (Å²) in [4.78, 5) is 14.5. The molecule has 1 amide bonds. The van der Waals surface area contributed by atoms with E-state index in [9.17, 15) is 4.79 Å². The Labute approximate surface area is 110 Å². The van der Waals surface area contributed by atoms with Crippen LogP contribution < -0.4 is 10.6 Å². The summed E-state index contributed by atoms with van der Waals surface area (Å²) < 4.78 is 0. The molecule has 0 aromatic heterocycles. The molecule has 2 unspecified atom stereocenters. The Bertz CT molecular complexity index is 307. The van der Waals surface area contributed by atoms with Crippen LogP contribution in [0.1, 0.15) is 47.0 Å². The van der Waals surface area contributed by atoms with E-state index >= 15 is 0 Å². The second-order valence-corrected chi connectivity index (χ2v) is 6.84. The highest BCUT2D eigenvalue weighted by Crippen LogP contribution is 2.29. The number of carbonyl (C=O) groups is 1. The predicted molar refractivity (Wildman–Crippen MR) is 73.5 cm³/mol. The van der Waals surface area contributed by atoms with Crippen molar-refractivity contribution in [1.82, 2.24) is 15.5 Å². The van der Waals surface area contributed by atoms with Gasteiger partial charge in [0.05, 0.1) is 6.04 Å². The number of hydrogen-bond acceptors (Lipinski definition) is 3. The van der Waals surface area contributed by atoms with Crippen molar-refractivity contribution in [2.45, 2.75) is 70.6 Å². The number of nitrogens with one attached hydrogen (secondary N) is 2. The molecule has 0 spiro atoms. The summed E-state index contributed by atoms with van der Waals surface area (Å²) in [5.74, 6) is 0.104. The van der Waals surface area contributed by atoms with Crippen molar-refractivity contribution < 1.29 is 4.79 Å². The SMILES string of the molecule is CC(NC1CCN(C2CC2)C1)C(=O)NC(C)(C)C. The third-order valence-corrected chi connectivity index (χ3v) is 3.66. The first-order chi connectivity index (χ1) is 8.35. The lowest BCUT2D eigenvalue weighted by atomic mass is 10.1. The molecule has 0 aromatic rings. The van der Waals surface area contributed by atoms with Gasteiger partial charge in [-0.25, -0.2) is 0 Å². The predicted octanol–water partition coefficient (Wildman–Crippen LogP) is 1.12. The van der Waals surface area contributed by atoms with E-state index in [1.165, 1.54) is 25.8 Å². The molecule has 4 heteroatoms. The van der Waals surface area contributed by atoms with Crippen molar-refractivity contribution in [3.63, 3.8) is 0 Å². The molecule has 2 aliphatic rings. The first-order valence-electron chi connectivity index (χ1n) is 7.17. The highest BCUT2D eigenvalue weighted by Gasteiger charge is 2.35. The van der Waals surface area contributed by atoms with E-state index in [2.05, 4.69) is 15.5 Å². The Morgan fingerprint density at radius 3 is 2.50 bits per heavy atom. The van der Waals surface area contributed by atoms with Crippen LogP contribution in [-0.2, 0) is 4.79 Å². The molecule has 1 aliphatic heterocycles. The van der Waals surface area contributed by atoms with Crippen LogP contribution in [0, 0.1) is 0 Å². The quantitative estimate of drug-likeness (QED) is 0.789. The molecular weight excluding hydrogens is 226 g/mol. The maximum Gasteiger partial charge on any atom is 0.237 e. The van der Waals surface area contributed by atoms with Gasteiger partial charge in [-0.2, -0.15) is 0 Å². The van der Waals surface area contributed by atoms with Gasteiger partial charge in [-0.1, -0.05) is 0 Å². The summed E-state index contributed by atoms with van der Waals surface area (Å²) in [6, 6.07) is 1.22. The molecule has 2 rings (SSSR count). The second kappa shape index (κ2) is 5.17. The first kappa shape index (κ1) is 13.8. The lowest BCUT2D eigenvalue weighted by molar-refractivity contribution is -0.124. The summed E-state index contributed by atoms with van der Waals surface area (Å²) in [5, 5.41) is 6.48. The molecule has 0 aromatic carbocycles. The molecule has 104 valence electrons. The van der Waals surface area contributed by atoms with Crippen LogP contribution in [0.25, 0.3) is 0 Å². The molecule has 1 heterocycles. The summed E-state index contributed by atoms with van der Waals surface area (Å²) in [5.41, 5.74) is -0.150. The van der Waals surface area contributed by atoms with E-state index in [4.69, 9.17) is 0 Å². The Kier molecular flexibility index (Phi) is 3.97.